The van der Waals surface area contributed by atoms with Crippen molar-refractivity contribution in [3.8, 4) is 0 Å². The molecule has 8 heteroatoms. The van der Waals surface area contributed by atoms with Gasteiger partial charge < -0.3 is 14.5 Å². The van der Waals surface area contributed by atoms with Gasteiger partial charge in [-0.3, -0.25) is 5.10 Å². The number of rotatable bonds is 7. The van der Waals surface area contributed by atoms with Gasteiger partial charge in [0, 0.05) is 48.0 Å². The van der Waals surface area contributed by atoms with E-state index >= 15 is 0 Å². The molecule has 4 aromatic rings. The van der Waals surface area contributed by atoms with Gasteiger partial charge in [0.2, 0.25) is 0 Å². The first-order valence-electron chi connectivity index (χ1n) is 16.2. The lowest BCUT2D eigenvalue weighted by Crippen LogP contribution is -2.69. The van der Waals surface area contributed by atoms with E-state index in [1.54, 1.807) is 6.26 Å². The van der Waals surface area contributed by atoms with Crippen molar-refractivity contribution in [2.45, 2.75) is 101 Å². The summed E-state index contributed by atoms with van der Waals surface area (Å²) in [6.45, 7) is 0. The second kappa shape index (κ2) is 10.9. The molecule has 8 nitrogen and oxygen atoms in total. The van der Waals surface area contributed by atoms with E-state index in [-0.39, 0.29) is 5.92 Å². The van der Waals surface area contributed by atoms with Crippen molar-refractivity contribution in [2.75, 3.05) is 0 Å². The van der Waals surface area contributed by atoms with E-state index in [0.29, 0.717) is 18.0 Å². The zero-order valence-electron chi connectivity index (χ0n) is 24.3. The molecule has 42 heavy (non-hydrogen) atoms. The maximum Gasteiger partial charge on any atom is 0.136 e. The average molecular weight is 564 g/mol. The van der Waals surface area contributed by atoms with Crippen molar-refractivity contribution >= 4 is 11.3 Å². The Kier molecular flexibility index (Phi) is 6.74. The van der Waals surface area contributed by atoms with Gasteiger partial charge in [-0.2, -0.15) is 5.10 Å². The lowest BCUT2D eigenvalue weighted by Gasteiger charge is -2.65. The van der Waals surface area contributed by atoms with Gasteiger partial charge in [-0.25, -0.2) is 9.99 Å². The highest BCUT2D eigenvalue weighted by atomic mass is 16.5. The van der Waals surface area contributed by atoms with E-state index in [1.165, 1.54) is 93.9 Å². The monoisotopic (exact) mass is 563 g/mol. The summed E-state index contributed by atoms with van der Waals surface area (Å²) in [4.78, 5) is 8.56. The third kappa shape index (κ3) is 4.02. The second-order valence-electron chi connectivity index (χ2n) is 12.8. The van der Waals surface area contributed by atoms with E-state index in [1.807, 2.05) is 18.6 Å². The second-order valence-corrected chi connectivity index (χ2v) is 12.8. The van der Waals surface area contributed by atoms with Crippen LogP contribution in [0.4, 0.5) is 0 Å². The molecule has 1 aromatic carbocycles. The molecule has 0 amide bonds. The minimum Gasteiger partial charge on any atom is -0.364 e. The molecule has 3 aliphatic carbocycles. The van der Waals surface area contributed by atoms with Crippen molar-refractivity contribution in [3.05, 3.63) is 90.1 Å². The number of hydrogen-bond acceptors (Lipinski definition) is 6. The first-order chi connectivity index (χ1) is 20.9. The first kappa shape index (κ1) is 26.0. The maximum atomic E-state index is 5.75. The van der Waals surface area contributed by atoms with Gasteiger partial charge in [-0.1, -0.05) is 74.0 Å². The molecule has 2 N–H and O–H groups in total. The van der Waals surface area contributed by atoms with Gasteiger partial charge in [0.1, 0.15) is 23.3 Å². The van der Waals surface area contributed by atoms with Crippen molar-refractivity contribution in [1.82, 2.24) is 35.3 Å². The topological polar surface area (TPSA) is 89.9 Å². The SMILES string of the molecule is c1ccc(C2=C(c3ncc[nH]3)C(c3ccn[nH]3)C(c3ccon3)(C3CCC3)N(C3CCCCC3)N2C2CCCC2)cc1. The predicted octanol–water partition coefficient (Wildman–Crippen LogP) is 7.28. The first-order valence-corrected chi connectivity index (χ1v) is 16.2. The zero-order valence-corrected chi connectivity index (χ0v) is 24.3. The van der Waals surface area contributed by atoms with Crippen LogP contribution in [0.5, 0.6) is 0 Å². The van der Waals surface area contributed by atoms with Crippen LogP contribution in [-0.2, 0) is 5.54 Å². The van der Waals surface area contributed by atoms with Gasteiger partial charge in [0.15, 0.2) is 0 Å². The number of imidazole rings is 1. The van der Waals surface area contributed by atoms with Crippen LogP contribution in [-0.4, -0.2) is 47.4 Å². The van der Waals surface area contributed by atoms with Gasteiger partial charge >= 0.3 is 0 Å². The number of hydrazine groups is 1. The molecule has 8 rings (SSSR count). The van der Waals surface area contributed by atoms with E-state index < -0.39 is 5.54 Å². The van der Waals surface area contributed by atoms with Crippen LogP contribution in [0.3, 0.4) is 0 Å². The minimum absolute atomic E-state index is 0.0728. The van der Waals surface area contributed by atoms with E-state index in [0.717, 1.165) is 17.2 Å². The summed E-state index contributed by atoms with van der Waals surface area (Å²) in [5.74, 6) is 1.27. The summed E-state index contributed by atoms with van der Waals surface area (Å²) in [7, 11) is 0. The molecule has 218 valence electrons. The smallest absolute Gasteiger partial charge is 0.136 e. The van der Waals surface area contributed by atoms with Gasteiger partial charge in [0.05, 0.1) is 11.6 Å². The van der Waals surface area contributed by atoms with Crippen molar-refractivity contribution in [3.63, 3.8) is 0 Å². The highest BCUT2D eigenvalue weighted by Gasteiger charge is 2.64. The van der Waals surface area contributed by atoms with Crippen LogP contribution in [0.15, 0.2) is 71.8 Å². The fourth-order valence-corrected chi connectivity index (χ4v) is 8.74. The minimum atomic E-state index is -0.442. The van der Waals surface area contributed by atoms with E-state index in [9.17, 15) is 0 Å². The van der Waals surface area contributed by atoms with E-state index in [2.05, 4.69) is 67.7 Å². The average Bonchev–Trinajstić information content (AvgIpc) is 3.83. The number of aromatic nitrogens is 5. The van der Waals surface area contributed by atoms with Crippen LogP contribution in [0.1, 0.15) is 106 Å². The molecule has 2 unspecified atom stereocenters. The molecule has 3 aromatic heterocycles. The van der Waals surface area contributed by atoms with Gasteiger partial charge in [-0.05, 0) is 56.1 Å². The molecule has 4 aliphatic rings. The summed E-state index contributed by atoms with van der Waals surface area (Å²) >= 11 is 0. The fourth-order valence-electron chi connectivity index (χ4n) is 8.74. The molecule has 3 fully saturated rings. The summed E-state index contributed by atoms with van der Waals surface area (Å²) in [6, 6.07) is 16.2. The third-order valence-corrected chi connectivity index (χ3v) is 10.6. The number of aromatic amines is 2. The number of nitrogens with zero attached hydrogens (tertiary/aromatic N) is 5. The Hall–Kier alpha value is -3.65. The Labute approximate surface area is 247 Å². The van der Waals surface area contributed by atoms with Crippen molar-refractivity contribution in [2.24, 2.45) is 5.92 Å². The van der Waals surface area contributed by atoms with E-state index in [4.69, 9.17) is 14.7 Å². The Morgan fingerprint density at radius 3 is 2.24 bits per heavy atom. The maximum absolute atomic E-state index is 5.75. The number of benzene rings is 1. The molecule has 0 bridgehead atoms. The van der Waals surface area contributed by atoms with Crippen LogP contribution in [0.25, 0.3) is 11.3 Å². The van der Waals surface area contributed by atoms with Crippen LogP contribution < -0.4 is 0 Å². The third-order valence-electron chi connectivity index (χ3n) is 10.6. The molecule has 3 saturated carbocycles. The molecule has 2 atom stereocenters. The van der Waals surface area contributed by atoms with Crippen LogP contribution >= 0.6 is 0 Å². The summed E-state index contributed by atoms with van der Waals surface area (Å²) < 4.78 is 5.75. The standard InChI is InChI=1S/C34H41N7O/c1-3-10-24(11-4-1)32-30(33-35-21-22-36-33)31(28-18-20-37-38-28)34(25-12-9-13-25,29-19-23-42-39-29)41(27-16-5-2-6-17-27)40(32)26-14-7-8-15-26/h1,3-4,10-11,18-23,25-27,31H,2,5-9,12-17H2,(H,35,36)(H,37,38). The number of hydrogen-bond donors (Lipinski definition) is 2. The van der Waals surface area contributed by atoms with Crippen molar-refractivity contribution in [1.29, 1.82) is 0 Å². The molecule has 4 heterocycles. The predicted molar refractivity (Wildman–Crippen MR) is 162 cm³/mol. The summed E-state index contributed by atoms with van der Waals surface area (Å²) in [5, 5.41) is 18.6. The Bertz CT molecular complexity index is 1460. The molecule has 0 spiro atoms. The van der Waals surface area contributed by atoms with Crippen LogP contribution in [0.2, 0.25) is 0 Å². The molecular weight excluding hydrogens is 522 g/mol. The zero-order chi connectivity index (χ0) is 27.9. The fraction of sp³-hybridized carbons (Fsp3) is 0.500. The largest absolute Gasteiger partial charge is 0.364 e. The summed E-state index contributed by atoms with van der Waals surface area (Å²) in [5.41, 5.74) is 5.45. The lowest BCUT2D eigenvalue weighted by molar-refractivity contribution is -0.185. The van der Waals surface area contributed by atoms with Crippen molar-refractivity contribution < 1.29 is 4.52 Å². The molecule has 0 saturated heterocycles. The summed E-state index contributed by atoms with van der Waals surface area (Å²) in [6.07, 6.45) is 22.3. The molecule has 1 aliphatic heterocycles. The molecule has 0 radical (unpaired) electrons. The lowest BCUT2D eigenvalue weighted by atomic mass is 9.58. The highest BCUT2D eigenvalue weighted by molar-refractivity contribution is 5.93. The quantitative estimate of drug-likeness (QED) is 0.246. The Morgan fingerprint density at radius 1 is 0.810 bits per heavy atom. The highest BCUT2D eigenvalue weighted by Crippen LogP contribution is 2.64. The number of nitrogens with one attached hydrogen (secondary N) is 2. The van der Waals surface area contributed by atoms with Crippen LogP contribution in [0, 0.1) is 5.92 Å². The number of H-pyrrole nitrogens is 2. The Morgan fingerprint density at radius 2 is 1.60 bits per heavy atom. The van der Waals surface area contributed by atoms with Gasteiger partial charge in [-0.15, -0.1) is 0 Å². The van der Waals surface area contributed by atoms with Gasteiger partial charge in [0.25, 0.3) is 0 Å². The normalized spacial score (nSPS) is 26.7. The Balaban J connectivity index is 1.52. The molecular formula is C34H41N7O.